The SMILES string of the molecule is C[Si]1(C)c2ccc(Oc3[c-]c(N4B(c5ccccc5)N(c5ccccc5)c5cccnc54)ccc3)[c-]c2-n2[c-][n+](-c3ccccc3)c3cccc1c32.[Pt]. The van der Waals surface area contributed by atoms with Gasteiger partial charge in [-0.2, -0.15) is 12.1 Å². The van der Waals surface area contributed by atoms with Gasteiger partial charge in [0.1, 0.15) is 5.82 Å². The Morgan fingerprint density at radius 3 is 2.17 bits per heavy atom. The van der Waals surface area contributed by atoms with Crippen LogP contribution < -0.4 is 34.8 Å². The van der Waals surface area contributed by atoms with Gasteiger partial charge in [-0.3, -0.25) is 4.57 Å². The van der Waals surface area contributed by atoms with Crippen LogP contribution in [0.3, 0.4) is 0 Å². The van der Waals surface area contributed by atoms with Crippen molar-refractivity contribution in [3.8, 4) is 22.9 Å². The zero-order valence-corrected chi connectivity index (χ0v) is 32.3. The number of ether oxygens (including phenoxy) is 1. The van der Waals surface area contributed by atoms with E-state index < -0.39 is 8.07 Å². The molecule has 0 saturated heterocycles. The van der Waals surface area contributed by atoms with Crippen LogP contribution in [0.4, 0.5) is 22.9 Å². The van der Waals surface area contributed by atoms with Crippen molar-refractivity contribution in [3.63, 3.8) is 0 Å². The van der Waals surface area contributed by atoms with Crippen LogP contribution in [0.2, 0.25) is 13.1 Å². The molecule has 2 aliphatic rings. The van der Waals surface area contributed by atoms with Gasteiger partial charge in [-0.1, -0.05) is 109 Å². The minimum absolute atomic E-state index is 0. The molecule has 6 nitrogen and oxygen atoms in total. The molecule has 0 bridgehead atoms. The Kier molecular flexibility index (Phi) is 8.17. The third-order valence-electron chi connectivity index (χ3n) is 10.3. The molecule has 0 unspecified atom stereocenters. The summed E-state index contributed by atoms with van der Waals surface area (Å²) in [6, 6.07) is 59.8. The van der Waals surface area contributed by atoms with Gasteiger partial charge in [0, 0.05) is 52.5 Å². The third kappa shape index (κ3) is 5.35. The van der Waals surface area contributed by atoms with Crippen LogP contribution in [0.1, 0.15) is 0 Å². The Morgan fingerprint density at radius 2 is 1.38 bits per heavy atom. The normalized spacial score (nSPS) is 13.7. The number of anilines is 4. The molecule has 0 N–H and O–H groups in total. The fraction of sp³-hybridized carbons (Fsp3) is 0.0455. The summed E-state index contributed by atoms with van der Waals surface area (Å²) in [5.41, 5.74) is 8.49. The van der Waals surface area contributed by atoms with E-state index in [1.54, 1.807) is 0 Å². The second-order valence-electron chi connectivity index (χ2n) is 13.7. The summed E-state index contributed by atoms with van der Waals surface area (Å²) < 4.78 is 11.0. The van der Waals surface area contributed by atoms with E-state index in [1.165, 1.54) is 15.9 Å². The first-order valence-corrected chi connectivity index (χ1v) is 20.5. The van der Waals surface area contributed by atoms with Gasteiger partial charge in [0.2, 0.25) is 0 Å². The molecule has 9 heteroatoms. The van der Waals surface area contributed by atoms with Gasteiger partial charge in [0.25, 0.3) is 6.33 Å². The summed E-state index contributed by atoms with van der Waals surface area (Å²) in [6.07, 6.45) is 5.52. The average Bonchev–Trinajstić information content (AvgIpc) is 3.76. The van der Waals surface area contributed by atoms with Gasteiger partial charge in [-0.15, -0.1) is 35.5 Å². The average molecular weight is 881 g/mol. The van der Waals surface area contributed by atoms with Crippen LogP contribution >= 0.6 is 0 Å². The number of nitrogens with zero attached hydrogens (tertiary/aromatic N) is 5. The molecule has 10 rings (SSSR count). The molecule has 0 saturated carbocycles. The zero-order valence-electron chi connectivity index (χ0n) is 29.0. The van der Waals surface area contributed by atoms with E-state index in [9.17, 15) is 0 Å². The molecule has 0 aliphatic carbocycles. The summed E-state index contributed by atoms with van der Waals surface area (Å²) in [7, 11) is -2.07. The molecular formula is C44H32BN5OPtSi-2. The van der Waals surface area contributed by atoms with E-state index in [-0.39, 0.29) is 28.0 Å². The largest absolute Gasteiger partial charge is 0.510 e. The molecule has 6 aromatic carbocycles. The molecule has 8 aromatic rings. The first kappa shape index (κ1) is 33.2. The number of aromatic nitrogens is 3. The number of fused-ring (bicyclic) bond motifs is 3. The van der Waals surface area contributed by atoms with Crippen LogP contribution in [0.5, 0.6) is 11.5 Å². The van der Waals surface area contributed by atoms with Crippen LogP contribution in [-0.4, -0.2) is 24.6 Å². The van der Waals surface area contributed by atoms with E-state index in [4.69, 9.17) is 9.72 Å². The Labute approximate surface area is 325 Å². The van der Waals surface area contributed by atoms with Crippen molar-refractivity contribution >= 4 is 64.8 Å². The van der Waals surface area contributed by atoms with E-state index in [0.717, 1.165) is 45.2 Å². The Hall–Kier alpha value is -5.69. The fourth-order valence-electron chi connectivity index (χ4n) is 7.86. The first-order valence-electron chi connectivity index (χ1n) is 17.5. The summed E-state index contributed by atoms with van der Waals surface area (Å²) in [5, 5.41) is 2.69. The van der Waals surface area contributed by atoms with Crippen molar-refractivity contribution in [2.75, 3.05) is 9.62 Å². The summed E-state index contributed by atoms with van der Waals surface area (Å²) >= 11 is 0. The van der Waals surface area contributed by atoms with E-state index in [1.807, 2.05) is 42.6 Å². The number of pyridine rings is 1. The third-order valence-corrected chi connectivity index (χ3v) is 13.8. The van der Waals surface area contributed by atoms with Crippen molar-refractivity contribution < 1.29 is 30.4 Å². The molecule has 0 amide bonds. The number of rotatable bonds is 6. The van der Waals surface area contributed by atoms with Gasteiger partial charge in [-0.05, 0) is 47.5 Å². The molecule has 53 heavy (non-hydrogen) atoms. The maximum absolute atomic E-state index is 6.64. The summed E-state index contributed by atoms with van der Waals surface area (Å²) in [5.74, 6) is 2.09. The predicted molar refractivity (Wildman–Crippen MR) is 211 cm³/mol. The maximum Gasteiger partial charge on any atom is 0.420 e. The standard InChI is InChI=1S/C44H32BN5OSi.Pt/c1-52(2)41-27-26-37(30-40(41)48-31-47(33-17-8-4-9-18-33)38-23-13-25-42(52)43(38)48)51-36-22-12-21-35(29-36)50-44-39(24-14-28-46-44)49(34-19-10-5-11-20-34)45(50)32-15-6-3-7-16-32;/h3-28H,1-2H3;/q-2;. The van der Waals surface area contributed by atoms with Gasteiger partial charge in [0.15, 0.2) is 0 Å². The number of imidazole rings is 1. The van der Waals surface area contributed by atoms with Gasteiger partial charge >= 0.3 is 6.98 Å². The number of hydrogen-bond acceptors (Lipinski definition) is 4. The van der Waals surface area contributed by atoms with Crippen LogP contribution in [0.25, 0.3) is 22.4 Å². The molecule has 2 aliphatic heterocycles. The van der Waals surface area contributed by atoms with Crippen molar-refractivity contribution in [2.24, 2.45) is 0 Å². The van der Waals surface area contributed by atoms with Gasteiger partial charge in [-0.25, -0.2) is 4.98 Å². The molecule has 258 valence electrons. The minimum atomic E-state index is -2.07. The predicted octanol–water partition coefficient (Wildman–Crippen LogP) is 7.31. The van der Waals surface area contributed by atoms with Crippen LogP contribution in [-0.2, 0) is 21.1 Å². The fourth-order valence-corrected chi connectivity index (χ4v) is 10.8. The first-order chi connectivity index (χ1) is 25.6. The van der Waals surface area contributed by atoms with Crippen LogP contribution in [0.15, 0.2) is 158 Å². The smallest absolute Gasteiger partial charge is 0.420 e. The molecule has 0 spiro atoms. The number of para-hydroxylation sites is 3. The molecule has 0 radical (unpaired) electrons. The number of hydrogen-bond donors (Lipinski definition) is 0. The second-order valence-corrected chi connectivity index (χ2v) is 18.0. The van der Waals surface area contributed by atoms with E-state index >= 15 is 0 Å². The Balaban J connectivity index is 0.00000372. The van der Waals surface area contributed by atoms with E-state index in [0.29, 0.717) is 11.5 Å². The van der Waals surface area contributed by atoms with Gasteiger partial charge < -0.3 is 18.9 Å². The molecule has 2 aromatic heterocycles. The van der Waals surface area contributed by atoms with Crippen molar-refractivity contribution in [2.45, 2.75) is 13.1 Å². The number of benzene rings is 6. The molecule has 4 heterocycles. The van der Waals surface area contributed by atoms with E-state index in [2.05, 4.69) is 166 Å². The Bertz CT molecular complexity index is 2620. The maximum atomic E-state index is 6.64. The second kappa shape index (κ2) is 13.1. The minimum Gasteiger partial charge on any atom is -0.510 e. The monoisotopic (exact) mass is 880 g/mol. The summed E-state index contributed by atoms with van der Waals surface area (Å²) in [6.45, 7) is 4.64. The van der Waals surface area contributed by atoms with Crippen molar-refractivity contribution in [1.82, 2.24) is 9.55 Å². The van der Waals surface area contributed by atoms with Crippen molar-refractivity contribution in [1.29, 1.82) is 0 Å². The zero-order chi connectivity index (χ0) is 34.8. The quantitative estimate of drug-likeness (QED) is 0.0999. The topological polar surface area (TPSA) is 37.4 Å². The van der Waals surface area contributed by atoms with Crippen molar-refractivity contribution in [3.05, 3.63) is 176 Å². The van der Waals surface area contributed by atoms with Crippen LogP contribution in [0, 0.1) is 18.5 Å². The Morgan fingerprint density at radius 1 is 0.660 bits per heavy atom. The summed E-state index contributed by atoms with van der Waals surface area (Å²) in [4.78, 5) is 9.51. The molecule has 0 fully saturated rings. The molecular weight excluding hydrogens is 848 g/mol. The van der Waals surface area contributed by atoms with Gasteiger partial charge in [0.05, 0.1) is 22.4 Å². The molecule has 0 atom stereocenters.